The van der Waals surface area contributed by atoms with Crippen molar-refractivity contribution in [3.05, 3.63) is 53.2 Å². The summed E-state index contributed by atoms with van der Waals surface area (Å²) in [7, 11) is 0. The highest BCUT2D eigenvalue weighted by Crippen LogP contribution is 2.18. The van der Waals surface area contributed by atoms with Gasteiger partial charge in [0, 0.05) is 11.9 Å². The molecule has 2 rings (SSSR count). The second kappa shape index (κ2) is 8.13. The van der Waals surface area contributed by atoms with Crippen molar-refractivity contribution in [2.75, 3.05) is 11.1 Å². The summed E-state index contributed by atoms with van der Waals surface area (Å²) in [6.07, 6.45) is 1.51. The molecule has 0 spiro atoms. The molecule has 0 unspecified atom stereocenters. The van der Waals surface area contributed by atoms with E-state index in [-0.39, 0.29) is 5.75 Å². The molecule has 6 nitrogen and oxygen atoms in total. The average molecular weight is 340 g/mol. The van der Waals surface area contributed by atoms with Crippen molar-refractivity contribution in [3.63, 3.8) is 0 Å². The van der Waals surface area contributed by atoms with Crippen LogP contribution in [0.2, 0.25) is 0 Å². The molecule has 0 saturated heterocycles. The maximum absolute atomic E-state index is 11.9. The van der Waals surface area contributed by atoms with Crippen LogP contribution in [-0.4, -0.2) is 22.7 Å². The quantitative estimate of drug-likeness (QED) is 0.834. The molecule has 7 heteroatoms. The molecule has 0 saturated carbocycles. The Hall–Kier alpha value is -2.85. The Morgan fingerprint density at radius 2 is 2.08 bits per heavy atom. The van der Waals surface area contributed by atoms with Crippen LogP contribution in [0.5, 0.6) is 0 Å². The predicted octanol–water partition coefficient (Wildman–Crippen LogP) is 3.01. The van der Waals surface area contributed by atoms with E-state index in [1.54, 1.807) is 18.2 Å². The highest BCUT2D eigenvalue weighted by molar-refractivity contribution is 7.99. The van der Waals surface area contributed by atoms with Gasteiger partial charge in [0.15, 0.2) is 0 Å². The van der Waals surface area contributed by atoms with Crippen LogP contribution in [0, 0.1) is 25.2 Å². The Kier molecular flexibility index (Phi) is 5.93. The summed E-state index contributed by atoms with van der Waals surface area (Å²) in [6, 6.07) is 10.2. The first-order valence-corrected chi connectivity index (χ1v) is 8.14. The average Bonchev–Trinajstić information content (AvgIpc) is 2.57. The number of amides is 3. The third-order valence-corrected chi connectivity index (χ3v) is 4.25. The van der Waals surface area contributed by atoms with Gasteiger partial charge in [0.05, 0.1) is 22.4 Å². The molecule has 1 aromatic carbocycles. The van der Waals surface area contributed by atoms with Crippen LogP contribution in [0.4, 0.5) is 10.5 Å². The standard InChI is InChI=1S/C17H16N4O2S/c1-11-4-3-5-14(12(11)2)20-17(23)21-15(22)10-24-16-8-13(9-18)6-7-19-16/h3-8H,10H2,1-2H3,(H2,20,21,22,23). The van der Waals surface area contributed by atoms with E-state index in [9.17, 15) is 9.59 Å². The molecule has 0 fully saturated rings. The smallest absolute Gasteiger partial charge is 0.307 e. The first-order valence-electron chi connectivity index (χ1n) is 7.15. The number of carbonyl (C=O) groups is 2. The van der Waals surface area contributed by atoms with Crippen molar-refractivity contribution in [1.82, 2.24) is 10.3 Å². The van der Waals surface area contributed by atoms with Crippen LogP contribution in [0.25, 0.3) is 0 Å². The van der Waals surface area contributed by atoms with Gasteiger partial charge in [0.1, 0.15) is 0 Å². The Morgan fingerprint density at radius 1 is 1.29 bits per heavy atom. The number of urea groups is 1. The van der Waals surface area contributed by atoms with Gasteiger partial charge >= 0.3 is 6.03 Å². The van der Waals surface area contributed by atoms with Gasteiger partial charge in [-0.05, 0) is 43.2 Å². The lowest BCUT2D eigenvalue weighted by Crippen LogP contribution is -2.35. The van der Waals surface area contributed by atoms with Gasteiger partial charge in [-0.1, -0.05) is 23.9 Å². The summed E-state index contributed by atoms with van der Waals surface area (Å²) in [4.78, 5) is 27.8. The fraction of sp³-hybridized carbons (Fsp3) is 0.176. The Labute approximate surface area is 144 Å². The largest absolute Gasteiger partial charge is 0.325 e. The first kappa shape index (κ1) is 17.5. The topological polar surface area (TPSA) is 94.9 Å². The molecule has 2 aromatic rings. The number of aromatic nitrogens is 1. The van der Waals surface area contributed by atoms with Crippen molar-refractivity contribution in [3.8, 4) is 6.07 Å². The zero-order valence-corrected chi connectivity index (χ0v) is 14.1. The number of rotatable bonds is 4. The molecular formula is C17H16N4O2S. The zero-order chi connectivity index (χ0) is 17.5. The maximum Gasteiger partial charge on any atom is 0.325 e. The van der Waals surface area contributed by atoms with E-state index in [2.05, 4.69) is 15.6 Å². The second-order valence-electron chi connectivity index (χ2n) is 5.03. The molecular weight excluding hydrogens is 324 g/mol. The van der Waals surface area contributed by atoms with E-state index < -0.39 is 11.9 Å². The summed E-state index contributed by atoms with van der Waals surface area (Å²) in [6.45, 7) is 3.85. The summed E-state index contributed by atoms with van der Waals surface area (Å²) in [5.41, 5.74) is 3.14. The number of hydrogen-bond donors (Lipinski definition) is 2. The van der Waals surface area contributed by atoms with Gasteiger partial charge in [-0.3, -0.25) is 10.1 Å². The second-order valence-corrected chi connectivity index (χ2v) is 6.03. The molecule has 2 N–H and O–H groups in total. The number of carbonyl (C=O) groups excluding carboxylic acids is 2. The van der Waals surface area contributed by atoms with Crippen LogP contribution in [0.1, 0.15) is 16.7 Å². The number of nitriles is 1. The van der Waals surface area contributed by atoms with E-state index in [1.807, 2.05) is 32.0 Å². The van der Waals surface area contributed by atoms with Crippen LogP contribution >= 0.6 is 11.8 Å². The van der Waals surface area contributed by atoms with Gasteiger partial charge in [0.25, 0.3) is 0 Å². The Bertz CT molecular complexity index is 814. The van der Waals surface area contributed by atoms with E-state index in [4.69, 9.17) is 5.26 Å². The summed E-state index contributed by atoms with van der Waals surface area (Å²) >= 11 is 1.16. The van der Waals surface area contributed by atoms with Gasteiger partial charge < -0.3 is 5.32 Å². The summed E-state index contributed by atoms with van der Waals surface area (Å²) in [5, 5.41) is 14.3. The van der Waals surface area contributed by atoms with E-state index in [0.717, 1.165) is 22.9 Å². The fourth-order valence-electron chi connectivity index (χ4n) is 1.90. The molecule has 1 heterocycles. The SMILES string of the molecule is Cc1cccc(NC(=O)NC(=O)CSc2cc(C#N)ccn2)c1C. The van der Waals surface area contributed by atoms with E-state index in [0.29, 0.717) is 16.3 Å². The maximum atomic E-state index is 11.9. The van der Waals surface area contributed by atoms with Gasteiger partial charge in [-0.25, -0.2) is 9.78 Å². The summed E-state index contributed by atoms with van der Waals surface area (Å²) in [5.74, 6) is -0.408. The number of thioether (sulfide) groups is 1. The minimum absolute atomic E-state index is 0.0299. The molecule has 0 aliphatic heterocycles. The number of hydrogen-bond acceptors (Lipinski definition) is 5. The van der Waals surface area contributed by atoms with Gasteiger partial charge in [-0.2, -0.15) is 5.26 Å². The van der Waals surface area contributed by atoms with E-state index in [1.165, 1.54) is 6.20 Å². The molecule has 0 aliphatic rings. The molecule has 0 aliphatic carbocycles. The van der Waals surface area contributed by atoms with Crippen LogP contribution in [-0.2, 0) is 4.79 Å². The highest BCUT2D eigenvalue weighted by Gasteiger charge is 2.10. The third kappa shape index (κ3) is 4.83. The van der Waals surface area contributed by atoms with Crippen molar-refractivity contribution in [2.45, 2.75) is 18.9 Å². The molecule has 3 amide bonds. The van der Waals surface area contributed by atoms with Crippen LogP contribution < -0.4 is 10.6 Å². The molecule has 0 atom stereocenters. The van der Waals surface area contributed by atoms with Crippen molar-refractivity contribution >= 4 is 29.4 Å². The number of nitrogens with one attached hydrogen (secondary N) is 2. The number of aryl methyl sites for hydroxylation is 1. The first-order chi connectivity index (χ1) is 11.5. The normalized spacial score (nSPS) is 9.88. The predicted molar refractivity (Wildman–Crippen MR) is 92.8 cm³/mol. The van der Waals surface area contributed by atoms with E-state index >= 15 is 0 Å². The Morgan fingerprint density at radius 3 is 2.83 bits per heavy atom. The molecule has 24 heavy (non-hydrogen) atoms. The number of nitrogens with zero attached hydrogens (tertiary/aromatic N) is 2. The van der Waals surface area contributed by atoms with Gasteiger partial charge in [-0.15, -0.1) is 0 Å². The lowest BCUT2D eigenvalue weighted by molar-refractivity contribution is -0.117. The number of anilines is 1. The monoisotopic (exact) mass is 340 g/mol. The number of imide groups is 1. The molecule has 122 valence electrons. The number of pyridine rings is 1. The van der Waals surface area contributed by atoms with Gasteiger partial charge in [0.2, 0.25) is 5.91 Å². The minimum Gasteiger partial charge on any atom is -0.307 e. The molecule has 0 radical (unpaired) electrons. The Balaban J connectivity index is 1.86. The van der Waals surface area contributed by atoms with Crippen LogP contribution in [0.15, 0.2) is 41.6 Å². The molecule has 0 bridgehead atoms. The minimum atomic E-state index is -0.576. The lowest BCUT2D eigenvalue weighted by atomic mass is 10.1. The fourth-order valence-corrected chi connectivity index (χ4v) is 2.60. The van der Waals surface area contributed by atoms with Crippen molar-refractivity contribution < 1.29 is 9.59 Å². The highest BCUT2D eigenvalue weighted by atomic mass is 32.2. The third-order valence-electron chi connectivity index (χ3n) is 3.32. The molecule has 1 aromatic heterocycles. The number of benzene rings is 1. The van der Waals surface area contributed by atoms with Crippen molar-refractivity contribution in [1.29, 1.82) is 5.26 Å². The summed E-state index contributed by atoms with van der Waals surface area (Å²) < 4.78 is 0. The lowest BCUT2D eigenvalue weighted by Gasteiger charge is -2.10. The van der Waals surface area contributed by atoms with Crippen LogP contribution in [0.3, 0.4) is 0 Å². The van der Waals surface area contributed by atoms with Crippen molar-refractivity contribution in [2.24, 2.45) is 0 Å². The zero-order valence-electron chi connectivity index (χ0n) is 13.3.